The number of nitrogens with zero attached hydrogens (tertiary/aromatic N) is 2. The highest BCUT2D eigenvalue weighted by Gasteiger charge is 2.37. The number of halogens is 2. The minimum absolute atomic E-state index is 0.0134. The molecule has 0 aliphatic heterocycles. The molecule has 4 rings (SSSR count). The Hall–Kier alpha value is -4.65. The van der Waals surface area contributed by atoms with Crippen LogP contribution < -0.4 is 28.6 Å². The molecule has 0 bridgehead atoms. The molecule has 4 aromatic rings. The van der Waals surface area contributed by atoms with E-state index in [2.05, 4.69) is 5.32 Å². The van der Waals surface area contributed by atoms with Crippen LogP contribution in [0.1, 0.15) is 31.9 Å². The molecule has 0 unspecified atom stereocenters. The monoisotopic (exact) mass is 771 g/mol. The predicted molar refractivity (Wildman–Crippen MR) is 202 cm³/mol. The molecule has 2 amide bonds. The molecular formula is C38H43Cl2N3O8S. The Bertz CT molecular complexity index is 1970. The lowest BCUT2D eigenvalue weighted by atomic mass is 10.0. The summed E-state index contributed by atoms with van der Waals surface area (Å²) in [6.07, 6.45) is 0.0987. The van der Waals surface area contributed by atoms with Gasteiger partial charge in [-0.2, -0.15) is 0 Å². The number of hydrogen-bond acceptors (Lipinski definition) is 8. The zero-order chi connectivity index (χ0) is 38.2. The molecule has 0 saturated heterocycles. The Morgan fingerprint density at radius 2 is 1.38 bits per heavy atom. The Morgan fingerprint density at radius 1 is 0.769 bits per heavy atom. The summed E-state index contributed by atoms with van der Waals surface area (Å²) in [6, 6.07) is 21.7. The molecule has 4 aromatic carbocycles. The van der Waals surface area contributed by atoms with Crippen molar-refractivity contribution in [2.45, 2.75) is 50.2 Å². The number of sulfonamides is 1. The van der Waals surface area contributed by atoms with Crippen molar-refractivity contribution in [1.82, 2.24) is 10.2 Å². The summed E-state index contributed by atoms with van der Waals surface area (Å²) < 4.78 is 52.1. The summed E-state index contributed by atoms with van der Waals surface area (Å²) >= 11 is 13.3. The van der Waals surface area contributed by atoms with Gasteiger partial charge in [0.1, 0.15) is 24.1 Å². The maximum Gasteiger partial charge on any atom is 0.265 e. The van der Waals surface area contributed by atoms with Crippen molar-refractivity contribution in [3.05, 3.63) is 106 Å². The number of carbonyl (C=O) groups is 2. The molecule has 278 valence electrons. The van der Waals surface area contributed by atoms with Crippen molar-refractivity contribution in [1.29, 1.82) is 0 Å². The van der Waals surface area contributed by atoms with Gasteiger partial charge in [-0.1, -0.05) is 59.6 Å². The first-order valence-electron chi connectivity index (χ1n) is 16.2. The van der Waals surface area contributed by atoms with Crippen LogP contribution in [-0.4, -0.2) is 71.7 Å². The van der Waals surface area contributed by atoms with Gasteiger partial charge in [-0.3, -0.25) is 13.9 Å². The molecule has 14 heteroatoms. The molecule has 0 fully saturated rings. The van der Waals surface area contributed by atoms with E-state index in [1.54, 1.807) is 24.3 Å². The van der Waals surface area contributed by atoms with E-state index in [9.17, 15) is 18.0 Å². The molecule has 11 nitrogen and oxygen atoms in total. The third-order valence-electron chi connectivity index (χ3n) is 8.04. The molecule has 0 spiro atoms. The fourth-order valence-corrected chi connectivity index (χ4v) is 7.42. The third kappa shape index (κ3) is 9.61. The van der Waals surface area contributed by atoms with E-state index < -0.39 is 40.0 Å². The molecule has 52 heavy (non-hydrogen) atoms. The zero-order valence-corrected chi connectivity index (χ0v) is 32.4. The number of methoxy groups -OCH3 is 4. The summed E-state index contributed by atoms with van der Waals surface area (Å²) in [7, 11) is 1.07. The van der Waals surface area contributed by atoms with Gasteiger partial charge in [-0.15, -0.1) is 0 Å². The lowest BCUT2D eigenvalue weighted by Gasteiger charge is -2.36. The highest BCUT2D eigenvalue weighted by atomic mass is 35.5. The number of carbonyl (C=O) groups excluding carboxylic acids is 2. The van der Waals surface area contributed by atoms with Crippen LogP contribution in [0, 0.1) is 0 Å². The van der Waals surface area contributed by atoms with Crippen LogP contribution in [0.2, 0.25) is 10.0 Å². The molecular weight excluding hydrogens is 729 g/mol. The molecule has 0 aliphatic carbocycles. The maximum atomic E-state index is 14.9. The summed E-state index contributed by atoms with van der Waals surface area (Å²) in [5, 5.41) is 3.53. The summed E-state index contributed by atoms with van der Waals surface area (Å²) in [4.78, 5) is 30.3. The average molecular weight is 773 g/mol. The first-order valence-corrected chi connectivity index (χ1v) is 18.4. The van der Waals surface area contributed by atoms with Crippen molar-refractivity contribution in [2.75, 3.05) is 39.3 Å². The van der Waals surface area contributed by atoms with Crippen molar-refractivity contribution < 1.29 is 37.0 Å². The minimum atomic E-state index is -4.56. The van der Waals surface area contributed by atoms with Gasteiger partial charge in [0, 0.05) is 46.2 Å². The van der Waals surface area contributed by atoms with Gasteiger partial charge in [0.2, 0.25) is 11.8 Å². The SMILES string of the molecule is COc1ccc(OC)c(N(CC(=O)N(Cc2c(Cl)cccc2Cl)[C@H](Cc2ccccc2)C(=O)NC(C)(C)C)S(=O)(=O)c2ccc(OC)c(OC)c2)c1. The van der Waals surface area contributed by atoms with Gasteiger partial charge in [0.05, 0.1) is 39.0 Å². The lowest BCUT2D eigenvalue weighted by Crippen LogP contribution is -2.56. The second-order valence-electron chi connectivity index (χ2n) is 12.7. The van der Waals surface area contributed by atoms with E-state index in [1.165, 1.54) is 63.7 Å². The molecule has 0 heterocycles. The van der Waals surface area contributed by atoms with Gasteiger partial charge < -0.3 is 29.2 Å². The number of anilines is 1. The number of benzene rings is 4. The largest absolute Gasteiger partial charge is 0.497 e. The zero-order valence-electron chi connectivity index (χ0n) is 30.1. The van der Waals surface area contributed by atoms with Crippen molar-refractivity contribution in [2.24, 2.45) is 0 Å². The smallest absolute Gasteiger partial charge is 0.265 e. The summed E-state index contributed by atoms with van der Waals surface area (Å²) in [5.74, 6) is -0.272. The average Bonchev–Trinajstić information content (AvgIpc) is 3.11. The van der Waals surface area contributed by atoms with E-state index in [0.29, 0.717) is 17.1 Å². The molecule has 0 aliphatic rings. The van der Waals surface area contributed by atoms with Crippen LogP contribution in [0.4, 0.5) is 5.69 Å². The van der Waals surface area contributed by atoms with Crippen LogP contribution in [0.15, 0.2) is 89.8 Å². The Morgan fingerprint density at radius 3 is 1.96 bits per heavy atom. The Kier molecular flexibility index (Phi) is 13.3. The van der Waals surface area contributed by atoms with E-state index in [0.717, 1.165) is 9.87 Å². The van der Waals surface area contributed by atoms with Crippen molar-refractivity contribution in [3.8, 4) is 23.0 Å². The van der Waals surface area contributed by atoms with Gasteiger partial charge in [0.15, 0.2) is 11.5 Å². The first-order chi connectivity index (χ1) is 24.6. The molecule has 1 N–H and O–H groups in total. The summed E-state index contributed by atoms with van der Waals surface area (Å²) in [5.41, 5.74) is 0.497. The fourth-order valence-electron chi connectivity index (χ4n) is 5.47. The predicted octanol–water partition coefficient (Wildman–Crippen LogP) is 6.78. The van der Waals surface area contributed by atoms with E-state index in [4.69, 9.17) is 42.1 Å². The van der Waals surface area contributed by atoms with Gasteiger partial charge >= 0.3 is 0 Å². The quantitative estimate of drug-likeness (QED) is 0.140. The van der Waals surface area contributed by atoms with Gasteiger partial charge in [-0.05, 0) is 62.7 Å². The van der Waals surface area contributed by atoms with Crippen molar-refractivity contribution in [3.63, 3.8) is 0 Å². The lowest BCUT2D eigenvalue weighted by molar-refractivity contribution is -0.140. The van der Waals surface area contributed by atoms with E-state index in [1.807, 2.05) is 51.1 Å². The van der Waals surface area contributed by atoms with E-state index >= 15 is 0 Å². The van der Waals surface area contributed by atoms with Gasteiger partial charge in [-0.25, -0.2) is 8.42 Å². The molecule has 1 atom stereocenters. The molecule has 0 saturated carbocycles. The van der Waals surface area contributed by atoms with E-state index in [-0.39, 0.29) is 45.1 Å². The second kappa shape index (κ2) is 17.2. The maximum absolute atomic E-state index is 14.9. The topological polar surface area (TPSA) is 124 Å². The van der Waals surface area contributed by atoms with Crippen molar-refractivity contribution >= 4 is 50.7 Å². The summed E-state index contributed by atoms with van der Waals surface area (Å²) in [6.45, 7) is 4.50. The van der Waals surface area contributed by atoms with Crippen LogP contribution >= 0.6 is 23.2 Å². The second-order valence-corrected chi connectivity index (χ2v) is 15.4. The van der Waals surface area contributed by atoms with Crippen LogP contribution in [0.25, 0.3) is 0 Å². The normalized spacial score (nSPS) is 12.0. The third-order valence-corrected chi connectivity index (χ3v) is 10.5. The minimum Gasteiger partial charge on any atom is -0.497 e. The van der Waals surface area contributed by atoms with Crippen LogP contribution in [-0.2, 0) is 32.6 Å². The highest BCUT2D eigenvalue weighted by Crippen LogP contribution is 2.38. The first kappa shape index (κ1) is 40.1. The molecule has 0 aromatic heterocycles. The standard InChI is InChI=1S/C38H43Cl2N3O8S/c1-38(2,3)41-37(45)32(20-25-12-9-8-10-13-25)42(23-28-29(39)14-11-15-30(28)40)36(44)24-43(31-21-26(48-4)16-18-33(31)49-5)52(46,47)27-17-19-34(50-6)35(22-27)51-7/h8-19,21-22,32H,20,23-24H2,1-7H3,(H,41,45)/t32-/m1/s1. The number of amides is 2. The fraction of sp³-hybridized carbons (Fsp3) is 0.316. The molecule has 0 radical (unpaired) electrons. The number of nitrogens with one attached hydrogen (secondary N) is 1. The van der Waals surface area contributed by atoms with Crippen LogP contribution in [0.5, 0.6) is 23.0 Å². The Balaban J connectivity index is 1.94. The number of ether oxygens (including phenoxy) is 4. The Labute approximate surface area is 315 Å². The van der Waals surface area contributed by atoms with Crippen LogP contribution in [0.3, 0.4) is 0 Å². The number of hydrogen-bond donors (Lipinski definition) is 1. The highest BCUT2D eigenvalue weighted by molar-refractivity contribution is 7.92. The van der Waals surface area contributed by atoms with Gasteiger partial charge in [0.25, 0.3) is 10.0 Å². The number of rotatable bonds is 15.